The standard InChI is InChI=1S/C27H28ClN3O5/c28-17-12-11-16(14-17)24-23(26(34)30-36-15-18-6-3-4-13-29-18)19-7-1-2-8-20(19)27(35)31(24)25-21(32)9-5-10-22(25)33/h1-4,6-8,11-13,21-25,32-33H,5,9-10,14-15H2,(H,30,34)/t21-,22+,23?,24-,25+/m0/s1. The molecule has 1 aromatic heterocycles. The Morgan fingerprint density at radius 3 is 2.56 bits per heavy atom. The van der Waals surface area contributed by atoms with Crippen LogP contribution in [0.2, 0.25) is 0 Å². The lowest BCUT2D eigenvalue weighted by Gasteiger charge is -2.49. The van der Waals surface area contributed by atoms with E-state index in [1.54, 1.807) is 48.7 Å². The summed E-state index contributed by atoms with van der Waals surface area (Å²) in [5.74, 6) is -1.61. The molecule has 0 radical (unpaired) electrons. The van der Waals surface area contributed by atoms with Crippen LogP contribution in [0.5, 0.6) is 0 Å². The number of carbonyl (C=O) groups excluding carboxylic acids is 2. The molecule has 1 aromatic carbocycles. The number of aliphatic hydroxyl groups is 2. The largest absolute Gasteiger partial charge is 0.391 e. The Kier molecular flexibility index (Phi) is 7.20. The van der Waals surface area contributed by atoms with Crippen LogP contribution in [-0.2, 0) is 16.2 Å². The van der Waals surface area contributed by atoms with Gasteiger partial charge in [-0.05, 0) is 54.7 Å². The van der Waals surface area contributed by atoms with E-state index in [1.165, 1.54) is 4.90 Å². The van der Waals surface area contributed by atoms with E-state index < -0.39 is 36.1 Å². The molecule has 1 fully saturated rings. The lowest BCUT2D eigenvalue weighted by Crippen LogP contribution is -2.63. The van der Waals surface area contributed by atoms with Gasteiger partial charge in [0.15, 0.2) is 0 Å². The molecule has 1 saturated carbocycles. The van der Waals surface area contributed by atoms with Crippen LogP contribution in [-0.4, -0.2) is 56.2 Å². The maximum absolute atomic E-state index is 13.9. The molecule has 188 valence electrons. The number of amides is 2. The lowest BCUT2D eigenvalue weighted by molar-refractivity contribution is -0.138. The van der Waals surface area contributed by atoms with Crippen LogP contribution in [0.25, 0.3) is 0 Å². The SMILES string of the molecule is O=C(NOCc1ccccn1)C1c2ccccc2C(=O)N([C@H]2[C@H](O)CCC[C@@H]2O)[C@H]1C1=CC=C(Cl)C1. The Balaban J connectivity index is 1.53. The van der Waals surface area contributed by atoms with Crippen LogP contribution < -0.4 is 5.48 Å². The second-order valence-electron chi connectivity index (χ2n) is 9.39. The first kappa shape index (κ1) is 24.6. The number of hydrogen-bond donors (Lipinski definition) is 3. The topological polar surface area (TPSA) is 112 Å². The molecule has 1 aliphatic heterocycles. The highest BCUT2D eigenvalue weighted by atomic mass is 35.5. The molecular weight excluding hydrogens is 482 g/mol. The molecule has 36 heavy (non-hydrogen) atoms. The summed E-state index contributed by atoms with van der Waals surface area (Å²) in [6, 6.07) is 10.8. The fraction of sp³-hybridized carbons (Fsp3) is 0.370. The molecule has 2 aromatic rings. The molecule has 3 aliphatic rings. The number of pyridine rings is 1. The van der Waals surface area contributed by atoms with Gasteiger partial charge in [-0.1, -0.05) is 41.9 Å². The van der Waals surface area contributed by atoms with Gasteiger partial charge >= 0.3 is 0 Å². The minimum absolute atomic E-state index is 0.0738. The summed E-state index contributed by atoms with van der Waals surface area (Å²) in [6.45, 7) is 0.0738. The van der Waals surface area contributed by atoms with E-state index in [1.807, 2.05) is 12.1 Å². The zero-order chi connectivity index (χ0) is 25.2. The molecule has 0 bridgehead atoms. The highest BCUT2D eigenvalue weighted by Gasteiger charge is 2.51. The van der Waals surface area contributed by atoms with Gasteiger partial charge < -0.3 is 15.1 Å². The zero-order valence-corrected chi connectivity index (χ0v) is 20.3. The van der Waals surface area contributed by atoms with E-state index >= 15 is 0 Å². The second kappa shape index (κ2) is 10.5. The minimum atomic E-state index is -0.917. The Morgan fingerprint density at radius 1 is 1.11 bits per heavy atom. The van der Waals surface area contributed by atoms with Crippen molar-refractivity contribution in [2.45, 2.75) is 62.5 Å². The summed E-state index contributed by atoms with van der Waals surface area (Å²) in [4.78, 5) is 38.8. The molecule has 2 heterocycles. The number of fused-ring (bicyclic) bond motifs is 1. The van der Waals surface area contributed by atoms with Gasteiger partial charge in [-0.2, -0.15) is 0 Å². The molecule has 0 saturated heterocycles. The molecule has 1 unspecified atom stereocenters. The average molecular weight is 510 g/mol. The van der Waals surface area contributed by atoms with Crippen LogP contribution in [0.3, 0.4) is 0 Å². The summed E-state index contributed by atoms with van der Waals surface area (Å²) in [5, 5.41) is 22.4. The van der Waals surface area contributed by atoms with Crippen molar-refractivity contribution in [3.05, 3.63) is 88.2 Å². The average Bonchev–Trinajstić information content (AvgIpc) is 3.31. The van der Waals surface area contributed by atoms with E-state index in [2.05, 4.69) is 10.5 Å². The predicted octanol–water partition coefficient (Wildman–Crippen LogP) is 2.96. The van der Waals surface area contributed by atoms with Crippen molar-refractivity contribution in [3.8, 4) is 0 Å². The third-order valence-corrected chi connectivity index (χ3v) is 7.38. The Bertz CT molecular complexity index is 1190. The molecule has 2 aliphatic carbocycles. The summed E-state index contributed by atoms with van der Waals surface area (Å²) in [7, 11) is 0. The lowest BCUT2D eigenvalue weighted by atomic mass is 9.76. The Labute approximate surface area is 214 Å². The van der Waals surface area contributed by atoms with Crippen LogP contribution in [0, 0.1) is 0 Å². The van der Waals surface area contributed by atoms with Gasteiger partial charge in [0.2, 0.25) is 0 Å². The number of nitrogens with zero attached hydrogens (tertiary/aromatic N) is 2. The summed E-state index contributed by atoms with van der Waals surface area (Å²) in [5.41, 5.74) is 4.88. The van der Waals surface area contributed by atoms with Crippen LogP contribution >= 0.6 is 11.6 Å². The third-order valence-electron chi connectivity index (χ3n) is 7.12. The zero-order valence-electron chi connectivity index (χ0n) is 19.6. The first-order valence-electron chi connectivity index (χ1n) is 12.1. The quantitative estimate of drug-likeness (QED) is 0.516. The minimum Gasteiger partial charge on any atom is -0.391 e. The number of aromatic nitrogens is 1. The van der Waals surface area contributed by atoms with Crippen molar-refractivity contribution < 1.29 is 24.6 Å². The number of benzene rings is 1. The van der Waals surface area contributed by atoms with Gasteiger partial charge in [-0.25, -0.2) is 5.48 Å². The fourth-order valence-corrected chi connectivity index (χ4v) is 5.72. The Morgan fingerprint density at radius 2 is 1.86 bits per heavy atom. The number of aliphatic hydroxyl groups excluding tert-OH is 2. The smallest absolute Gasteiger partial charge is 0.255 e. The van der Waals surface area contributed by atoms with Gasteiger partial charge in [-0.3, -0.25) is 19.4 Å². The molecule has 9 heteroatoms. The van der Waals surface area contributed by atoms with Crippen LogP contribution in [0.4, 0.5) is 0 Å². The van der Waals surface area contributed by atoms with Gasteiger partial charge in [0.1, 0.15) is 6.61 Å². The van der Waals surface area contributed by atoms with Crippen molar-refractivity contribution in [1.29, 1.82) is 0 Å². The first-order valence-corrected chi connectivity index (χ1v) is 12.5. The van der Waals surface area contributed by atoms with Gasteiger partial charge in [0.05, 0.1) is 35.9 Å². The maximum atomic E-state index is 13.9. The van der Waals surface area contributed by atoms with Gasteiger partial charge in [0, 0.05) is 23.2 Å². The fourth-order valence-electron chi connectivity index (χ4n) is 5.50. The highest BCUT2D eigenvalue weighted by molar-refractivity contribution is 6.30. The van der Waals surface area contributed by atoms with Crippen molar-refractivity contribution in [1.82, 2.24) is 15.4 Å². The molecule has 0 spiro atoms. The number of hydrogen-bond acceptors (Lipinski definition) is 6. The molecule has 8 nitrogen and oxygen atoms in total. The molecular formula is C27H28ClN3O5. The van der Waals surface area contributed by atoms with Crippen molar-refractivity contribution >= 4 is 23.4 Å². The highest BCUT2D eigenvalue weighted by Crippen LogP contribution is 2.43. The summed E-state index contributed by atoms with van der Waals surface area (Å²) < 4.78 is 0. The van der Waals surface area contributed by atoms with E-state index in [0.29, 0.717) is 47.5 Å². The summed E-state index contributed by atoms with van der Waals surface area (Å²) in [6.07, 6.45) is 5.32. The van der Waals surface area contributed by atoms with E-state index in [9.17, 15) is 19.8 Å². The summed E-state index contributed by atoms with van der Waals surface area (Å²) >= 11 is 6.31. The van der Waals surface area contributed by atoms with Crippen LogP contribution in [0.15, 0.2) is 71.4 Å². The molecule has 3 N–H and O–H groups in total. The predicted molar refractivity (Wildman–Crippen MR) is 133 cm³/mol. The van der Waals surface area contributed by atoms with E-state index in [4.69, 9.17) is 16.4 Å². The monoisotopic (exact) mass is 509 g/mol. The van der Waals surface area contributed by atoms with E-state index in [-0.39, 0.29) is 12.5 Å². The molecule has 5 atom stereocenters. The third kappa shape index (κ3) is 4.69. The van der Waals surface area contributed by atoms with Gasteiger partial charge in [0.25, 0.3) is 11.8 Å². The normalized spacial score (nSPS) is 27.8. The molecule has 2 amide bonds. The van der Waals surface area contributed by atoms with Crippen molar-refractivity contribution in [2.75, 3.05) is 0 Å². The van der Waals surface area contributed by atoms with Crippen LogP contribution in [0.1, 0.15) is 53.2 Å². The second-order valence-corrected chi connectivity index (χ2v) is 9.87. The Hall–Kier alpha value is -3.04. The number of carbonyl (C=O) groups is 2. The number of halogens is 1. The van der Waals surface area contributed by atoms with Crippen molar-refractivity contribution in [3.63, 3.8) is 0 Å². The number of allylic oxidation sites excluding steroid dienone is 3. The number of rotatable bonds is 6. The van der Waals surface area contributed by atoms with E-state index in [0.717, 1.165) is 5.57 Å². The number of hydroxylamine groups is 1. The maximum Gasteiger partial charge on any atom is 0.255 e. The number of nitrogens with one attached hydrogen (secondary N) is 1. The molecule has 5 rings (SSSR count). The van der Waals surface area contributed by atoms with Crippen molar-refractivity contribution in [2.24, 2.45) is 0 Å². The first-order chi connectivity index (χ1) is 17.5. The van der Waals surface area contributed by atoms with Gasteiger partial charge in [-0.15, -0.1) is 0 Å².